The summed E-state index contributed by atoms with van der Waals surface area (Å²) in [5, 5.41) is 0. The second kappa shape index (κ2) is 9.07. The molecule has 158 valence electrons. The van der Waals surface area contributed by atoms with Crippen molar-refractivity contribution in [2.24, 2.45) is 16.2 Å². The van der Waals surface area contributed by atoms with Gasteiger partial charge in [0.15, 0.2) is 6.29 Å². The lowest BCUT2D eigenvalue weighted by Crippen LogP contribution is -2.46. The predicted molar refractivity (Wildman–Crippen MR) is 110 cm³/mol. The second-order valence-electron chi connectivity index (χ2n) is 10.8. The van der Waals surface area contributed by atoms with E-state index in [1.807, 2.05) is 6.92 Å². The average molecular weight is 383 g/mol. The lowest BCUT2D eigenvalue weighted by molar-refractivity contribution is -0.177. The highest BCUT2D eigenvalue weighted by Crippen LogP contribution is 2.47. The van der Waals surface area contributed by atoms with Gasteiger partial charge >= 0.3 is 5.97 Å². The maximum Gasteiger partial charge on any atom is 0.312 e. The van der Waals surface area contributed by atoms with Crippen LogP contribution in [0.2, 0.25) is 0 Å². The molecule has 1 aliphatic rings. The monoisotopic (exact) mass is 382 g/mol. The van der Waals surface area contributed by atoms with Gasteiger partial charge in [-0.25, -0.2) is 0 Å². The zero-order valence-electron chi connectivity index (χ0n) is 18.9. The van der Waals surface area contributed by atoms with Crippen LogP contribution in [0.5, 0.6) is 0 Å². The molecule has 4 heteroatoms. The molecule has 0 amide bonds. The van der Waals surface area contributed by atoms with Crippen molar-refractivity contribution < 1.29 is 19.1 Å². The summed E-state index contributed by atoms with van der Waals surface area (Å²) in [7, 11) is 0. The molecule has 0 heterocycles. The van der Waals surface area contributed by atoms with E-state index in [1.54, 1.807) is 0 Å². The third kappa shape index (κ3) is 6.58. The highest BCUT2D eigenvalue weighted by molar-refractivity contribution is 5.77. The number of hydrogen-bond donors (Lipinski definition) is 0. The zero-order valence-corrected chi connectivity index (χ0v) is 18.9. The number of hydrogen-bond acceptors (Lipinski definition) is 4. The van der Waals surface area contributed by atoms with E-state index in [9.17, 15) is 9.59 Å². The maximum absolute atomic E-state index is 13.1. The molecule has 0 aliphatic heterocycles. The molecule has 4 nitrogen and oxygen atoms in total. The minimum Gasteiger partial charge on any atom is -0.462 e. The van der Waals surface area contributed by atoms with Gasteiger partial charge in [-0.05, 0) is 43.4 Å². The summed E-state index contributed by atoms with van der Waals surface area (Å²) in [5.74, 6) is -0.241. The van der Waals surface area contributed by atoms with Crippen LogP contribution in [0.25, 0.3) is 0 Å². The lowest BCUT2D eigenvalue weighted by Gasteiger charge is -2.43. The molecule has 0 aromatic carbocycles. The molecule has 1 rings (SSSR count). The van der Waals surface area contributed by atoms with Crippen LogP contribution in [0.1, 0.15) is 100 Å². The van der Waals surface area contributed by atoms with Gasteiger partial charge in [0, 0.05) is 0 Å². The Bertz CT molecular complexity index is 491. The van der Waals surface area contributed by atoms with Crippen LogP contribution < -0.4 is 0 Å². The standard InChI is InChI=1S/C23H42O4/c1-9-23(13-11-10-12-14-23)27-18(15-24)16-26-19(25)22(8,21(5,6)7)17-20(2,3)4/h15,18H,9-14,16-17H2,1-8H3. The molecule has 2 unspecified atom stereocenters. The fourth-order valence-electron chi connectivity index (χ4n) is 4.19. The normalized spacial score (nSPS) is 21.2. The van der Waals surface area contributed by atoms with Gasteiger partial charge in [0.1, 0.15) is 12.7 Å². The van der Waals surface area contributed by atoms with E-state index in [1.165, 1.54) is 6.42 Å². The molecule has 0 spiro atoms. The van der Waals surface area contributed by atoms with E-state index < -0.39 is 11.5 Å². The Morgan fingerprint density at radius 2 is 1.59 bits per heavy atom. The summed E-state index contributed by atoms with van der Waals surface area (Å²) < 4.78 is 11.9. The van der Waals surface area contributed by atoms with Crippen molar-refractivity contribution in [1.82, 2.24) is 0 Å². The average Bonchev–Trinajstić information content (AvgIpc) is 2.56. The van der Waals surface area contributed by atoms with Crippen LogP contribution in [0, 0.1) is 16.2 Å². The molecule has 0 N–H and O–H groups in total. The highest BCUT2D eigenvalue weighted by atomic mass is 16.6. The van der Waals surface area contributed by atoms with Gasteiger partial charge < -0.3 is 14.3 Å². The van der Waals surface area contributed by atoms with Crippen LogP contribution in [0.3, 0.4) is 0 Å². The van der Waals surface area contributed by atoms with Crippen molar-refractivity contribution in [2.75, 3.05) is 6.61 Å². The van der Waals surface area contributed by atoms with Crippen molar-refractivity contribution in [3.8, 4) is 0 Å². The first-order chi connectivity index (χ1) is 12.3. The smallest absolute Gasteiger partial charge is 0.312 e. The van der Waals surface area contributed by atoms with Gasteiger partial charge in [-0.1, -0.05) is 67.7 Å². The molecule has 0 bridgehead atoms. The third-order valence-electron chi connectivity index (χ3n) is 6.33. The Labute approximate surface area is 166 Å². The largest absolute Gasteiger partial charge is 0.462 e. The number of aldehydes is 1. The van der Waals surface area contributed by atoms with Gasteiger partial charge in [-0.2, -0.15) is 0 Å². The van der Waals surface area contributed by atoms with E-state index in [0.29, 0.717) is 6.42 Å². The number of ether oxygens (including phenoxy) is 2. The van der Waals surface area contributed by atoms with E-state index in [2.05, 4.69) is 48.5 Å². The van der Waals surface area contributed by atoms with Crippen LogP contribution in [0.4, 0.5) is 0 Å². The Balaban J connectivity index is 2.82. The van der Waals surface area contributed by atoms with Gasteiger partial charge in [0.25, 0.3) is 0 Å². The molecule has 0 aromatic heterocycles. The number of rotatable bonds is 8. The summed E-state index contributed by atoms with van der Waals surface area (Å²) in [6.07, 6.45) is 7.14. The Hall–Kier alpha value is -0.900. The fourth-order valence-corrected chi connectivity index (χ4v) is 4.19. The van der Waals surface area contributed by atoms with E-state index in [4.69, 9.17) is 9.47 Å². The van der Waals surface area contributed by atoms with Crippen molar-refractivity contribution >= 4 is 12.3 Å². The molecule has 1 saturated carbocycles. The molecule has 2 atom stereocenters. The first kappa shape index (κ1) is 24.1. The molecular formula is C23H42O4. The first-order valence-corrected chi connectivity index (χ1v) is 10.6. The molecule has 0 aromatic rings. The predicted octanol–water partition coefficient (Wildman–Crippen LogP) is 5.72. The lowest BCUT2D eigenvalue weighted by atomic mass is 9.61. The molecule has 0 radical (unpaired) electrons. The van der Waals surface area contributed by atoms with Gasteiger partial charge in [-0.3, -0.25) is 4.79 Å². The molecule has 1 aliphatic carbocycles. The number of esters is 1. The molecular weight excluding hydrogens is 340 g/mol. The van der Waals surface area contributed by atoms with Crippen molar-refractivity contribution in [2.45, 2.75) is 112 Å². The van der Waals surface area contributed by atoms with Gasteiger partial charge in [0.05, 0.1) is 11.0 Å². The number of carbonyl (C=O) groups is 2. The summed E-state index contributed by atoms with van der Waals surface area (Å²) in [5.41, 5.74) is -1.13. The Kier molecular flexibility index (Phi) is 8.11. The zero-order chi connectivity index (χ0) is 20.9. The van der Waals surface area contributed by atoms with E-state index in [-0.39, 0.29) is 29.0 Å². The van der Waals surface area contributed by atoms with Gasteiger partial charge in [-0.15, -0.1) is 0 Å². The van der Waals surface area contributed by atoms with Crippen molar-refractivity contribution in [1.29, 1.82) is 0 Å². The summed E-state index contributed by atoms with van der Waals surface area (Å²) in [6.45, 7) is 16.7. The van der Waals surface area contributed by atoms with Crippen LogP contribution >= 0.6 is 0 Å². The summed E-state index contributed by atoms with van der Waals surface area (Å²) in [6, 6.07) is 0. The topological polar surface area (TPSA) is 52.6 Å². The van der Waals surface area contributed by atoms with Crippen LogP contribution in [0.15, 0.2) is 0 Å². The molecule has 0 saturated heterocycles. The van der Waals surface area contributed by atoms with Crippen molar-refractivity contribution in [3.63, 3.8) is 0 Å². The summed E-state index contributed by atoms with van der Waals surface area (Å²) >= 11 is 0. The first-order valence-electron chi connectivity index (χ1n) is 10.6. The minimum absolute atomic E-state index is 0.000103. The minimum atomic E-state index is -0.689. The van der Waals surface area contributed by atoms with Crippen LogP contribution in [-0.4, -0.2) is 30.6 Å². The summed E-state index contributed by atoms with van der Waals surface area (Å²) in [4.78, 5) is 24.7. The van der Waals surface area contributed by atoms with Gasteiger partial charge in [0.2, 0.25) is 0 Å². The number of carbonyl (C=O) groups excluding carboxylic acids is 2. The van der Waals surface area contributed by atoms with E-state index in [0.717, 1.165) is 38.4 Å². The molecule has 1 fully saturated rings. The molecule has 27 heavy (non-hydrogen) atoms. The Morgan fingerprint density at radius 1 is 1.04 bits per heavy atom. The fraction of sp³-hybridized carbons (Fsp3) is 0.913. The third-order valence-corrected chi connectivity index (χ3v) is 6.33. The Morgan fingerprint density at radius 3 is 2.00 bits per heavy atom. The van der Waals surface area contributed by atoms with Crippen molar-refractivity contribution in [3.05, 3.63) is 0 Å². The maximum atomic E-state index is 13.1. The SMILES string of the molecule is CCC1(OC(C=O)COC(=O)C(C)(CC(C)(C)C)C(C)(C)C)CCCCC1. The quantitative estimate of drug-likeness (QED) is 0.398. The highest BCUT2D eigenvalue weighted by Gasteiger charge is 2.48. The second-order valence-corrected chi connectivity index (χ2v) is 10.8. The van der Waals surface area contributed by atoms with E-state index >= 15 is 0 Å². The van der Waals surface area contributed by atoms with Crippen LogP contribution in [-0.2, 0) is 19.1 Å².